The van der Waals surface area contributed by atoms with Crippen LogP contribution in [-0.2, 0) is 6.42 Å². The molecule has 1 unspecified atom stereocenters. The van der Waals surface area contributed by atoms with Crippen molar-refractivity contribution in [3.63, 3.8) is 0 Å². The van der Waals surface area contributed by atoms with Crippen molar-refractivity contribution >= 4 is 21.0 Å². The van der Waals surface area contributed by atoms with Crippen molar-refractivity contribution in [1.29, 1.82) is 0 Å². The van der Waals surface area contributed by atoms with Crippen LogP contribution in [0, 0.1) is 10.1 Å². The van der Waals surface area contributed by atoms with Gasteiger partial charge in [-0.25, -0.2) is 0 Å². The number of nitro groups is 1. The van der Waals surface area contributed by atoms with E-state index in [9.17, 15) is 14.9 Å². The minimum absolute atomic E-state index is 0.0405. The van der Waals surface area contributed by atoms with E-state index in [0.717, 1.165) is 5.56 Å². The fraction of sp³-hybridized carbons (Fsp3) is 0.222. The van der Waals surface area contributed by atoms with Gasteiger partial charge in [-0.2, -0.15) is 0 Å². The first-order chi connectivity index (χ1) is 7.09. The molecule has 0 N–H and O–H groups in total. The van der Waals surface area contributed by atoms with Gasteiger partial charge in [-0.1, -0.05) is 0 Å². The summed E-state index contributed by atoms with van der Waals surface area (Å²) < 4.78 is 1.54. The van der Waals surface area contributed by atoms with E-state index in [0.29, 0.717) is 18.5 Å². The highest BCUT2D eigenvalue weighted by atomic mass is 31.0. The minimum Gasteiger partial charge on any atom is -0.323 e. The van der Waals surface area contributed by atoms with Gasteiger partial charge in [0.2, 0.25) is 0 Å². The molecule has 2 rings (SSSR count). The number of carbonyl (C=O) groups is 1. The molecule has 0 radical (unpaired) electrons. The van der Waals surface area contributed by atoms with Crippen molar-refractivity contribution in [2.24, 2.45) is 0 Å². The first-order valence-electron chi connectivity index (χ1n) is 4.43. The molecule has 1 atom stereocenters. The van der Waals surface area contributed by atoms with Gasteiger partial charge in [-0.3, -0.25) is 14.9 Å². The molecular formula is C9H9N2O3P. The third-order valence-electron chi connectivity index (χ3n) is 2.41. The molecule has 5 nitrogen and oxygen atoms in total. The molecule has 0 fully saturated rings. The van der Waals surface area contributed by atoms with Crippen LogP contribution in [0.1, 0.15) is 15.9 Å². The maximum atomic E-state index is 11.6. The van der Waals surface area contributed by atoms with Crippen LogP contribution >= 0.6 is 9.39 Å². The van der Waals surface area contributed by atoms with Crippen molar-refractivity contribution in [3.05, 3.63) is 39.4 Å². The van der Waals surface area contributed by atoms with E-state index in [4.69, 9.17) is 0 Å². The largest absolute Gasteiger partial charge is 0.323 e. The Labute approximate surface area is 88.5 Å². The predicted molar refractivity (Wildman–Crippen MR) is 57.5 cm³/mol. The van der Waals surface area contributed by atoms with Gasteiger partial charge >= 0.3 is 0 Å². The molecule has 0 bridgehead atoms. The van der Waals surface area contributed by atoms with E-state index in [1.165, 1.54) is 22.9 Å². The summed E-state index contributed by atoms with van der Waals surface area (Å²) in [4.78, 5) is 21.7. The lowest BCUT2D eigenvalue weighted by Crippen LogP contribution is -2.29. The quantitative estimate of drug-likeness (QED) is 0.411. The third-order valence-corrected chi connectivity index (χ3v) is 2.91. The molecule has 1 heterocycles. The van der Waals surface area contributed by atoms with Crippen molar-refractivity contribution in [3.8, 4) is 0 Å². The normalized spacial score (nSPS) is 15.0. The minimum atomic E-state index is -0.447. The number of hydrogen-bond acceptors (Lipinski definition) is 3. The van der Waals surface area contributed by atoms with E-state index in [1.807, 2.05) is 0 Å². The van der Waals surface area contributed by atoms with E-state index < -0.39 is 4.92 Å². The van der Waals surface area contributed by atoms with Crippen molar-refractivity contribution in [2.75, 3.05) is 6.54 Å². The number of amides is 1. The number of hydrogen-bond donors (Lipinski definition) is 0. The van der Waals surface area contributed by atoms with Gasteiger partial charge in [0.25, 0.3) is 11.6 Å². The number of carbonyl (C=O) groups excluding carboxylic acids is 1. The Bertz CT molecular complexity index is 447. The zero-order valence-corrected chi connectivity index (χ0v) is 9.00. The summed E-state index contributed by atoms with van der Waals surface area (Å²) in [6, 6.07) is 4.36. The molecule has 1 aromatic carbocycles. The van der Waals surface area contributed by atoms with E-state index in [2.05, 4.69) is 9.39 Å². The molecule has 15 heavy (non-hydrogen) atoms. The Morgan fingerprint density at radius 2 is 2.20 bits per heavy atom. The Hall–Kier alpha value is -1.48. The fourth-order valence-electron chi connectivity index (χ4n) is 1.61. The molecule has 78 valence electrons. The topological polar surface area (TPSA) is 63.4 Å². The van der Waals surface area contributed by atoms with Gasteiger partial charge in [0.1, 0.15) is 0 Å². The lowest BCUT2D eigenvalue weighted by molar-refractivity contribution is -0.384. The van der Waals surface area contributed by atoms with Crippen molar-refractivity contribution in [1.82, 2.24) is 4.67 Å². The molecular weight excluding hydrogens is 215 g/mol. The SMILES string of the molecule is O=C1c2ccc([N+](=O)[O-])cc2CCN1P. The number of benzene rings is 1. The molecule has 0 saturated heterocycles. The number of fused-ring (bicyclic) bond motifs is 1. The van der Waals surface area contributed by atoms with Crippen molar-refractivity contribution < 1.29 is 9.72 Å². The second-order valence-electron chi connectivity index (χ2n) is 3.35. The summed E-state index contributed by atoms with van der Waals surface area (Å²) in [5, 5.41) is 10.5. The van der Waals surface area contributed by atoms with Gasteiger partial charge in [0.15, 0.2) is 0 Å². The molecule has 0 spiro atoms. The number of nitro benzene ring substituents is 1. The van der Waals surface area contributed by atoms with Gasteiger partial charge in [0.05, 0.1) is 4.92 Å². The molecule has 0 aliphatic carbocycles. The van der Waals surface area contributed by atoms with Gasteiger partial charge in [-0.15, -0.1) is 0 Å². The second-order valence-corrected chi connectivity index (χ2v) is 3.97. The summed E-state index contributed by atoms with van der Waals surface area (Å²) in [5.74, 6) is -0.101. The van der Waals surface area contributed by atoms with Crippen LogP contribution < -0.4 is 0 Å². The van der Waals surface area contributed by atoms with Gasteiger partial charge in [0, 0.05) is 24.2 Å². The Morgan fingerprint density at radius 3 is 2.87 bits per heavy atom. The van der Waals surface area contributed by atoms with Crippen molar-refractivity contribution in [2.45, 2.75) is 6.42 Å². The molecule has 0 saturated carbocycles. The highest BCUT2D eigenvalue weighted by molar-refractivity contribution is 7.14. The lowest BCUT2D eigenvalue weighted by atomic mass is 10.00. The Morgan fingerprint density at radius 1 is 1.47 bits per heavy atom. The smallest absolute Gasteiger partial charge is 0.269 e. The van der Waals surface area contributed by atoms with Crippen LogP contribution in [0.15, 0.2) is 18.2 Å². The highest BCUT2D eigenvalue weighted by Crippen LogP contribution is 2.24. The van der Waals surface area contributed by atoms with Crippen LogP contribution in [0.4, 0.5) is 5.69 Å². The maximum Gasteiger partial charge on any atom is 0.269 e. The van der Waals surface area contributed by atoms with E-state index in [1.54, 1.807) is 0 Å². The summed E-state index contributed by atoms with van der Waals surface area (Å²) in [6.45, 7) is 0.581. The van der Waals surface area contributed by atoms with Crippen LogP contribution in [0.5, 0.6) is 0 Å². The maximum absolute atomic E-state index is 11.6. The number of rotatable bonds is 1. The van der Waals surface area contributed by atoms with E-state index in [-0.39, 0.29) is 11.6 Å². The average molecular weight is 224 g/mol. The zero-order valence-electron chi connectivity index (χ0n) is 7.84. The predicted octanol–water partition coefficient (Wildman–Crippen LogP) is 1.38. The molecule has 1 amide bonds. The summed E-state index contributed by atoms with van der Waals surface area (Å²) in [5.41, 5.74) is 1.36. The second kappa shape index (κ2) is 3.59. The van der Waals surface area contributed by atoms with E-state index >= 15 is 0 Å². The summed E-state index contributed by atoms with van der Waals surface area (Å²) in [7, 11) is 2.35. The van der Waals surface area contributed by atoms with Gasteiger partial charge < -0.3 is 4.67 Å². The van der Waals surface area contributed by atoms with Crippen LogP contribution in [0.2, 0.25) is 0 Å². The fourth-order valence-corrected chi connectivity index (χ4v) is 1.87. The molecule has 6 heteroatoms. The zero-order chi connectivity index (χ0) is 11.0. The van der Waals surface area contributed by atoms with Gasteiger partial charge in [-0.05, 0) is 27.4 Å². The Balaban J connectivity index is 2.47. The molecule has 0 aromatic heterocycles. The lowest BCUT2D eigenvalue weighted by Gasteiger charge is -2.23. The standard InChI is InChI=1S/C9H9N2O3P/c12-9-8-2-1-7(11(13)14)5-6(8)3-4-10(9)15/h1-2,5H,3-4,15H2. The van der Waals surface area contributed by atoms with Crippen LogP contribution in [-0.4, -0.2) is 22.0 Å². The summed E-state index contributed by atoms with van der Waals surface area (Å²) >= 11 is 0. The molecule has 1 aliphatic heterocycles. The first kappa shape index (κ1) is 10.1. The number of nitrogens with zero attached hydrogens (tertiary/aromatic N) is 2. The molecule has 1 aliphatic rings. The van der Waals surface area contributed by atoms with Crippen LogP contribution in [0.25, 0.3) is 0 Å². The number of non-ortho nitro benzene ring substituents is 1. The average Bonchev–Trinajstić information content (AvgIpc) is 2.23. The first-order valence-corrected chi connectivity index (χ1v) is 4.95. The highest BCUT2D eigenvalue weighted by Gasteiger charge is 2.23. The Kier molecular flexibility index (Phi) is 2.40. The summed E-state index contributed by atoms with van der Waals surface area (Å²) in [6.07, 6.45) is 0.659. The monoisotopic (exact) mass is 224 g/mol. The molecule has 1 aromatic rings. The van der Waals surface area contributed by atoms with Crippen LogP contribution in [0.3, 0.4) is 0 Å². The third kappa shape index (κ3) is 1.70.